The zero-order valence-corrected chi connectivity index (χ0v) is 12.7. The van der Waals surface area contributed by atoms with Crippen LogP contribution in [0.25, 0.3) is 0 Å². The van der Waals surface area contributed by atoms with Gasteiger partial charge in [0.1, 0.15) is 0 Å². The van der Waals surface area contributed by atoms with Gasteiger partial charge < -0.3 is 15.2 Å². The first kappa shape index (κ1) is 15.0. The summed E-state index contributed by atoms with van der Waals surface area (Å²) >= 11 is 0. The maximum Gasteiger partial charge on any atom is 0.168 e. The van der Waals surface area contributed by atoms with Crippen LogP contribution in [0.15, 0.2) is 30.3 Å². The highest BCUT2D eigenvalue weighted by Gasteiger charge is 2.41. The van der Waals surface area contributed by atoms with E-state index in [0.29, 0.717) is 12.6 Å². The summed E-state index contributed by atoms with van der Waals surface area (Å²) < 4.78 is 11.6. The topological polar surface area (TPSA) is 47.7 Å². The molecule has 0 unspecified atom stereocenters. The van der Waals surface area contributed by atoms with Crippen molar-refractivity contribution < 1.29 is 9.47 Å². The minimum atomic E-state index is -0.266. The van der Waals surface area contributed by atoms with Gasteiger partial charge in [0.05, 0.1) is 13.2 Å². The van der Waals surface area contributed by atoms with Gasteiger partial charge in [-0.25, -0.2) is 0 Å². The molecule has 1 aliphatic heterocycles. The summed E-state index contributed by atoms with van der Waals surface area (Å²) in [6, 6.07) is 11.2. The van der Waals surface area contributed by atoms with Gasteiger partial charge in [0, 0.05) is 38.5 Å². The van der Waals surface area contributed by atoms with Crippen LogP contribution in [-0.2, 0) is 16.0 Å². The Morgan fingerprint density at radius 2 is 1.76 bits per heavy atom. The standard InChI is InChI=1S/C17H26N2O2/c18-10-11-19(14-15-4-2-1-3-5-15)16-6-8-17(9-7-16)20-12-13-21-17/h1-5,16H,6-14,18H2. The van der Waals surface area contributed by atoms with E-state index in [1.807, 2.05) is 0 Å². The molecule has 1 aromatic rings. The number of benzene rings is 1. The monoisotopic (exact) mass is 290 g/mol. The fourth-order valence-electron chi connectivity index (χ4n) is 3.57. The second kappa shape index (κ2) is 6.88. The van der Waals surface area contributed by atoms with Crippen LogP contribution in [0.3, 0.4) is 0 Å². The molecule has 1 aliphatic carbocycles. The van der Waals surface area contributed by atoms with E-state index in [1.165, 1.54) is 5.56 Å². The van der Waals surface area contributed by atoms with Gasteiger partial charge in [-0.15, -0.1) is 0 Å². The molecule has 1 heterocycles. The minimum absolute atomic E-state index is 0.266. The predicted octanol–water partition coefficient (Wildman–Crippen LogP) is 2.13. The third-order valence-corrected chi connectivity index (χ3v) is 4.69. The van der Waals surface area contributed by atoms with Crippen molar-refractivity contribution in [3.63, 3.8) is 0 Å². The Labute approximate surface area is 127 Å². The van der Waals surface area contributed by atoms with E-state index in [4.69, 9.17) is 15.2 Å². The number of nitrogens with zero attached hydrogens (tertiary/aromatic N) is 1. The fraction of sp³-hybridized carbons (Fsp3) is 0.647. The first-order valence-electron chi connectivity index (χ1n) is 8.07. The fourth-order valence-corrected chi connectivity index (χ4v) is 3.57. The van der Waals surface area contributed by atoms with Gasteiger partial charge in [-0.1, -0.05) is 30.3 Å². The van der Waals surface area contributed by atoms with Crippen molar-refractivity contribution in [1.82, 2.24) is 4.90 Å². The number of ether oxygens (including phenoxy) is 2. The molecule has 2 aliphatic rings. The normalized spacial score (nSPS) is 22.2. The second-order valence-corrected chi connectivity index (χ2v) is 6.08. The van der Waals surface area contributed by atoms with Crippen molar-refractivity contribution in [3.05, 3.63) is 35.9 Å². The average Bonchev–Trinajstić information content (AvgIpc) is 2.97. The van der Waals surface area contributed by atoms with E-state index in [1.54, 1.807) is 0 Å². The lowest BCUT2D eigenvalue weighted by molar-refractivity contribution is -0.184. The quantitative estimate of drug-likeness (QED) is 0.902. The Balaban J connectivity index is 1.59. The largest absolute Gasteiger partial charge is 0.348 e. The molecule has 0 bridgehead atoms. The molecule has 2 fully saturated rings. The van der Waals surface area contributed by atoms with Crippen molar-refractivity contribution >= 4 is 0 Å². The van der Waals surface area contributed by atoms with E-state index >= 15 is 0 Å². The van der Waals surface area contributed by atoms with Gasteiger partial charge in [0.25, 0.3) is 0 Å². The highest BCUT2D eigenvalue weighted by molar-refractivity contribution is 5.14. The Kier molecular flexibility index (Phi) is 4.91. The zero-order valence-electron chi connectivity index (χ0n) is 12.7. The van der Waals surface area contributed by atoms with Crippen LogP contribution >= 0.6 is 0 Å². The molecule has 21 heavy (non-hydrogen) atoms. The SMILES string of the molecule is NCCN(Cc1ccccc1)C1CCC2(CC1)OCCO2. The molecule has 3 rings (SSSR count). The van der Waals surface area contributed by atoms with Crippen LogP contribution in [0.2, 0.25) is 0 Å². The summed E-state index contributed by atoms with van der Waals surface area (Å²) in [6.07, 6.45) is 4.28. The number of nitrogens with two attached hydrogens (primary N) is 1. The molecule has 1 spiro atoms. The lowest BCUT2D eigenvalue weighted by Crippen LogP contribution is -2.45. The van der Waals surface area contributed by atoms with Crippen LogP contribution in [0.5, 0.6) is 0 Å². The molecule has 1 saturated heterocycles. The molecule has 1 aromatic carbocycles. The Hall–Kier alpha value is -0.940. The third-order valence-electron chi connectivity index (χ3n) is 4.69. The van der Waals surface area contributed by atoms with E-state index in [0.717, 1.165) is 52.0 Å². The maximum atomic E-state index is 5.82. The van der Waals surface area contributed by atoms with E-state index in [2.05, 4.69) is 35.2 Å². The molecule has 1 saturated carbocycles. The zero-order chi connectivity index (χ0) is 14.5. The van der Waals surface area contributed by atoms with Gasteiger partial charge >= 0.3 is 0 Å². The highest BCUT2D eigenvalue weighted by Crippen LogP contribution is 2.37. The summed E-state index contributed by atoms with van der Waals surface area (Å²) in [5.41, 5.74) is 7.18. The van der Waals surface area contributed by atoms with Crippen LogP contribution in [-0.4, -0.2) is 43.0 Å². The third kappa shape index (κ3) is 3.64. The maximum absolute atomic E-state index is 5.82. The Morgan fingerprint density at radius 1 is 1.10 bits per heavy atom. The second-order valence-electron chi connectivity index (χ2n) is 6.08. The van der Waals surface area contributed by atoms with Gasteiger partial charge in [-0.2, -0.15) is 0 Å². The van der Waals surface area contributed by atoms with E-state index in [-0.39, 0.29) is 5.79 Å². The van der Waals surface area contributed by atoms with Crippen molar-refractivity contribution in [2.45, 2.75) is 44.1 Å². The van der Waals surface area contributed by atoms with Gasteiger partial charge in [-0.3, -0.25) is 4.90 Å². The van der Waals surface area contributed by atoms with Crippen LogP contribution < -0.4 is 5.73 Å². The molecule has 116 valence electrons. The van der Waals surface area contributed by atoms with Gasteiger partial charge in [0.2, 0.25) is 0 Å². The molecule has 4 nitrogen and oxygen atoms in total. The Morgan fingerprint density at radius 3 is 2.38 bits per heavy atom. The van der Waals surface area contributed by atoms with Crippen LogP contribution in [0, 0.1) is 0 Å². The van der Waals surface area contributed by atoms with Crippen molar-refractivity contribution in [2.24, 2.45) is 5.73 Å². The molecule has 2 N–H and O–H groups in total. The van der Waals surface area contributed by atoms with E-state index in [9.17, 15) is 0 Å². The lowest BCUT2D eigenvalue weighted by atomic mass is 9.88. The lowest BCUT2D eigenvalue weighted by Gasteiger charge is -2.40. The summed E-state index contributed by atoms with van der Waals surface area (Å²) in [4.78, 5) is 2.52. The van der Waals surface area contributed by atoms with Crippen molar-refractivity contribution in [2.75, 3.05) is 26.3 Å². The molecule has 4 heteroatoms. The van der Waals surface area contributed by atoms with Crippen molar-refractivity contribution in [1.29, 1.82) is 0 Å². The Bertz CT molecular complexity index is 422. The summed E-state index contributed by atoms with van der Waals surface area (Å²) in [5, 5.41) is 0. The van der Waals surface area contributed by atoms with Gasteiger partial charge in [0.15, 0.2) is 5.79 Å². The molecular weight excluding hydrogens is 264 g/mol. The highest BCUT2D eigenvalue weighted by atomic mass is 16.7. The minimum Gasteiger partial charge on any atom is -0.348 e. The molecule has 0 atom stereocenters. The predicted molar refractivity (Wildman–Crippen MR) is 82.8 cm³/mol. The van der Waals surface area contributed by atoms with Crippen molar-refractivity contribution in [3.8, 4) is 0 Å². The molecular formula is C17H26N2O2. The summed E-state index contributed by atoms with van der Waals surface area (Å²) in [5.74, 6) is -0.266. The summed E-state index contributed by atoms with van der Waals surface area (Å²) in [6.45, 7) is 4.15. The molecule has 0 radical (unpaired) electrons. The summed E-state index contributed by atoms with van der Waals surface area (Å²) in [7, 11) is 0. The first-order chi connectivity index (χ1) is 10.3. The van der Waals surface area contributed by atoms with Gasteiger partial charge in [-0.05, 0) is 18.4 Å². The number of hydrogen-bond acceptors (Lipinski definition) is 4. The number of rotatable bonds is 5. The molecule has 0 aromatic heterocycles. The van der Waals surface area contributed by atoms with E-state index < -0.39 is 0 Å². The first-order valence-corrected chi connectivity index (χ1v) is 8.07. The number of hydrogen-bond donors (Lipinski definition) is 1. The van der Waals surface area contributed by atoms with Crippen LogP contribution in [0.4, 0.5) is 0 Å². The van der Waals surface area contributed by atoms with Crippen LogP contribution in [0.1, 0.15) is 31.2 Å². The molecule has 0 amide bonds. The smallest absolute Gasteiger partial charge is 0.168 e. The average molecular weight is 290 g/mol.